The van der Waals surface area contributed by atoms with E-state index in [0.29, 0.717) is 49.0 Å². The predicted octanol–water partition coefficient (Wildman–Crippen LogP) is 2.86. The summed E-state index contributed by atoms with van der Waals surface area (Å²) in [5, 5.41) is 23.5. The number of fused-ring (bicyclic) bond motifs is 4. The fraction of sp³-hybridized carbons (Fsp3) is 0.393. The van der Waals surface area contributed by atoms with Crippen LogP contribution in [0.5, 0.6) is 5.75 Å². The van der Waals surface area contributed by atoms with Crippen LogP contribution < -0.4 is 5.73 Å². The number of rotatable bonds is 4. The highest BCUT2D eigenvalue weighted by molar-refractivity contribution is 6.20. The Balaban J connectivity index is 1.45. The Hall–Kier alpha value is -3.72. The van der Waals surface area contributed by atoms with E-state index in [1.165, 1.54) is 7.11 Å². The van der Waals surface area contributed by atoms with Gasteiger partial charge in [0, 0.05) is 37.0 Å². The van der Waals surface area contributed by atoms with Crippen molar-refractivity contribution >= 4 is 28.2 Å². The number of Topliss-reactive ketones (excluding diaryl/α,β-unsaturated/α-hetero) is 2. The van der Waals surface area contributed by atoms with E-state index in [1.54, 1.807) is 0 Å². The van der Waals surface area contributed by atoms with Crippen LogP contribution in [0.15, 0.2) is 46.9 Å². The topological polar surface area (TPSA) is 130 Å². The van der Waals surface area contributed by atoms with Gasteiger partial charge >= 0.3 is 0 Å². The molecule has 1 saturated heterocycles. The SMILES string of the molecule is COC1=C2C(=O)c3c(cc4ccc(CN5CC(F)C5)cc4c3O)C[C@H]2CC2CC(=O)C(C(N)=O)=C(O)C12. The number of hydrogen-bond acceptors (Lipinski definition) is 7. The summed E-state index contributed by atoms with van der Waals surface area (Å²) in [6, 6.07) is 7.60. The molecule has 192 valence electrons. The normalized spacial score (nSPS) is 26.1. The molecule has 6 rings (SSSR count). The number of alkyl halides is 1. The van der Waals surface area contributed by atoms with Gasteiger partial charge in [-0.25, -0.2) is 4.39 Å². The second-order valence-corrected chi connectivity index (χ2v) is 10.5. The molecule has 37 heavy (non-hydrogen) atoms. The lowest BCUT2D eigenvalue weighted by Gasteiger charge is -2.42. The Bertz CT molecular complexity index is 1450. The van der Waals surface area contributed by atoms with Gasteiger partial charge in [0.25, 0.3) is 5.91 Å². The molecule has 9 heteroatoms. The van der Waals surface area contributed by atoms with Crippen molar-refractivity contribution in [3.8, 4) is 5.75 Å². The van der Waals surface area contributed by atoms with Gasteiger partial charge < -0.3 is 20.7 Å². The van der Waals surface area contributed by atoms with Crippen LogP contribution in [0.2, 0.25) is 0 Å². The van der Waals surface area contributed by atoms with Crippen molar-refractivity contribution in [2.24, 2.45) is 23.5 Å². The third-order valence-electron chi connectivity index (χ3n) is 8.28. The van der Waals surface area contributed by atoms with Crippen molar-refractivity contribution in [3.63, 3.8) is 0 Å². The standard InChI is InChI=1S/C28H27FN2O6/c1-37-27-21-15(7-16-8-19(32)23(28(30)36)26(35)22(16)27)6-14-5-13-3-2-12(9-31-10-17(29)11-31)4-18(13)24(33)20(14)25(21)34/h2-5,15-17,22,33,35H,6-11H2,1H3,(H2,30,36)/t15-,16?,22?/m0/s1. The van der Waals surface area contributed by atoms with Crippen molar-refractivity contribution in [1.29, 1.82) is 0 Å². The number of primary amides is 1. The quantitative estimate of drug-likeness (QED) is 0.544. The first-order valence-corrected chi connectivity index (χ1v) is 12.4. The van der Waals surface area contributed by atoms with Crippen LogP contribution in [0.1, 0.15) is 34.3 Å². The van der Waals surface area contributed by atoms with E-state index in [0.717, 1.165) is 10.9 Å². The van der Waals surface area contributed by atoms with Gasteiger partial charge in [-0.3, -0.25) is 19.3 Å². The molecule has 4 N–H and O–H groups in total. The molecule has 3 atom stereocenters. The first kappa shape index (κ1) is 23.7. The number of aromatic hydroxyl groups is 1. The number of benzene rings is 2. The average molecular weight is 507 g/mol. The van der Waals surface area contributed by atoms with Gasteiger partial charge in [-0.05, 0) is 47.3 Å². The number of aliphatic hydroxyl groups is 1. The molecule has 2 unspecified atom stereocenters. The van der Waals surface area contributed by atoms with Gasteiger partial charge in [0.15, 0.2) is 11.6 Å². The van der Waals surface area contributed by atoms with Crippen molar-refractivity contribution in [2.75, 3.05) is 20.2 Å². The number of hydrogen-bond donors (Lipinski definition) is 3. The maximum absolute atomic E-state index is 13.9. The monoisotopic (exact) mass is 506 g/mol. The molecule has 1 amide bonds. The Morgan fingerprint density at radius 3 is 2.62 bits per heavy atom. The molecule has 0 saturated carbocycles. The summed E-state index contributed by atoms with van der Waals surface area (Å²) in [5.41, 5.74) is 7.09. The minimum Gasteiger partial charge on any atom is -0.511 e. The Morgan fingerprint density at radius 2 is 1.95 bits per heavy atom. The average Bonchev–Trinajstić information content (AvgIpc) is 2.81. The van der Waals surface area contributed by atoms with Crippen LogP contribution in [0.3, 0.4) is 0 Å². The number of allylic oxidation sites excluding steroid dienone is 1. The number of amides is 1. The van der Waals surface area contributed by atoms with Gasteiger partial charge in [-0.1, -0.05) is 18.2 Å². The minimum absolute atomic E-state index is 0.0244. The number of ketones is 2. The number of nitrogens with two attached hydrogens (primary N) is 1. The lowest BCUT2D eigenvalue weighted by atomic mass is 9.63. The molecule has 1 fully saturated rings. The van der Waals surface area contributed by atoms with Crippen molar-refractivity contribution in [2.45, 2.75) is 32.0 Å². The molecule has 4 aliphatic rings. The van der Waals surface area contributed by atoms with E-state index in [4.69, 9.17) is 10.5 Å². The fourth-order valence-electron chi connectivity index (χ4n) is 6.66. The van der Waals surface area contributed by atoms with Crippen molar-refractivity contribution in [1.82, 2.24) is 4.90 Å². The van der Waals surface area contributed by atoms with E-state index in [9.17, 15) is 29.0 Å². The van der Waals surface area contributed by atoms with Crippen LogP contribution in [-0.2, 0) is 27.3 Å². The summed E-state index contributed by atoms with van der Waals surface area (Å²) in [6.45, 7) is 1.32. The lowest BCUT2D eigenvalue weighted by molar-refractivity contribution is -0.123. The predicted molar refractivity (Wildman–Crippen MR) is 131 cm³/mol. The third-order valence-corrected chi connectivity index (χ3v) is 8.28. The molecule has 8 nitrogen and oxygen atoms in total. The number of carbonyl (C=O) groups is 3. The Morgan fingerprint density at radius 1 is 1.19 bits per heavy atom. The second-order valence-electron chi connectivity index (χ2n) is 10.5. The molecule has 3 aliphatic carbocycles. The molecule has 1 heterocycles. The highest BCUT2D eigenvalue weighted by atomic mass is 19.1. The summed E-state index contributed by atoms with van der Waals surface area (Å²) in [6.07, 6.45) is 0.130. The molecule has 0 aromatic heterocycles. The molecule has 0 bridgehead atoms. The van der Waals surface area contributed by atoms with E-state index in [-0.39, 0.29) is 41.1 Å². The summed E-state index contributed by atoms with van der Waals surface area (Å²) >= 11 is 0. The highest BCUT2D eigenvalue weighted by Gasteiger charge is 2.50. The molecule has 0 spiro atoms. The van der Waals surface area contributed by atoms with Crippen LogP contribution >= 0.6 is 0 Å². The van der Waals surface area contributed by atoms with Crippen molar-refractivity contribution < 1.29 is 33.7 Å². The zero-order valence-electron chi connectivity index (χ0n) is 20.3. The Kier molecular flexibility index (Phi) is 5.38. The van der Waals surface area contributed by atoms with Crippen LogP contribution in [0, 0.1) is 17.8 Å². The number of halogens is 1. The first-order valence-electron chi connectivity index (χ1n) is 12.4. The number of carbonyl (C=O) groups excluding carboxylic acids is 3. The maximum atomic E-state index is 13.9. The molecule has 2 aromatic carbocycles. The third kappa shape index (κ3) is 3.55. The van der Waals surface area contributed by atoms with Crippen LogP contribution in [0.25, 0.3) is 10.8 Å². The molecule has 0 radical (unpaired) electrons. The number of phenolic OH excluding ortho intramolecular Hbond substituents is 1. The van der Waals surface area contributed by atoms with E-state index in [1.807, 2.05) is 29.2 Å². The number of phenols is 1. The van der Waals surface area contributed by atoms with Gasteiger partial charge in [-0.15, -0.1) is 0 Å². The van der Waals surface area contributed by atoms with Gasteiger partial charge in [0.05, 0.1) is 18.6 Å². The molecular weight excluding hydrogens is 479 g/mol. The largest absolute Gasteiger partial charge is 0.511 e. The summed E-state index contributed by atoms with van der Waals surface area (Å²) in [4.78, 5) is 40.3. The zero-order chi connectivity index (χ0) is 26.2. The highest BCUT2D eigenvalue weighted by Crippen LogP contribution is 2.51. The number of likely N-dealkylation sites (tertiary alicyclic amines) is 1. The molecule has 1 aliphatic heterocycles. The summed E-state index contributed by atoms with van der Waals surface area (Å²) in [7, 11) is 1.39. The van der Waals surface area contributed by atoms with Gasteiger partial charge in [0.2, 0.25) is 0 Å². The van der Waals surface area contributed by atoms with Crippen LogP contribution in [-0.4, -0.2) is 59.0 Å². The number of ether oxygens (including phenoxy) is 1. The zero-order valence-corrected chi connectivity index (χ0v) is 20.3. The second kappa shape index (κ2) is 8.41. The van der Waals surface area contributed by atoms with E-state index in [2.05, 4.69) is 0 Å². The van der Waals surface area contributed by atoms with Gasteiger partial charge in [-0.2, -0.15) is 0 Å². The smallest absolute Gasteiger partial charge is 0.255 e. The fourth-order valence-corrected chi connectivity index (χ4v) is 6.66. The first-order chi connectivity index (χ1) is 17.7. The lowest BCUT2D eigenvalue weighted by Crippen LogP contribution is -2.47. The van der Waals surface area contributed by atoms with Gasteiger partial charge in [0.1, 0.15) is 29.0 Å². The van der Waals surface area contributed by atoms with Crippen molar-refractivity contribution in [3.05, 3.63) is 63.6 Å². The minimum atomic E-state index is -1.01. The Labute approximate surface area is 212 Å². The van der Waals surface area contributed by atoms with E-state index >= 15 is 0 Å². The number of nitrogens with zero attached hydrogens (tertiary/aromatic N) is 1. The molecule has 2 aromatic rings. The summed E-state index contributed by atoms with van der Waals surface area (Å²) < 4.78 is 18.9. The maximum Gasteiger partial charge on any atom is 0.255 e. The van der Waals surface area contributed by atoms with Crippen LogP contribution in [0.4, 0.5) is 4.39 Å². The number of aliphatic hydroxyl groups excluding tert-OH is 1. The number of methoxy groups -OCH3 is 1. The van der Waals surface area contributed by atoms with E-state index < -0.39 is 35.1 Å². The molecular formula is C28H27FN2O6. The summed E-state index contributed by atoms with van der Waals surface area (Å²) in [5.74, 6) is -3.69.